The summed E-state index contributed by atoms with van der Waals surface area (Å²) in [5.74, 6) is -0.116. The molecule has 0 N–H and O–H groups in total. The second-order valence-corrected chi connectivity index (χ2v) is 6.03. The van der Waals surface area contributed by atoms with E-state index in [-0.39, 0.29) is 11.2 Å². The van der Waals surface area contributed by atoms with Gasteiger partial charge >= 0.3 is 5.97 Å². The Morgan fingerprint density at radius 1 is 1.32 bits per heavy atom. The molecule has 0 amide bonds. The van der Waals surface area contributed by atoms with E-state index in [4.69, 9.17) is 4.74 Å². The summed E-state index contributed by atoms with van der Waals surface area (Å²) >= 11 is 1.51. The largest absolute Gasteiger partial charge is 0.465 e. The quantitative estimate of drug-likeness (QED) is 0.787. The van der Waals surface area contributed by atoms with E-state index in [0.29, 0.717) is 6.61 Å². The maximum Gasteiger partial charge on any atom is 0.319 e. The number of aromatic nitrogens is 1. The summed E-state index contributed by atoms with van der Waals surface area (Å²) in [6.45, 7) is 4.68. The Hall–Kier alpha value is -1.55. The Morgan fingerprint density at radius 2 is 2.16 bits per heavy atom. The van der Waals surface area contributed by atoms with Crippen molar-refractivity contribution in [2.75, 3.05) is 6.61 Å². The van der Waals surface area contributed by atoms with E-state index in [1.54, 1.807) is 0 Å². The number of fused-ring (bicyclic) bond motifs is 1. The molecule has 1 aliphatic heterocycles. The summed E-state index contributed by atoms with van der Waals surface area (Å²) < 4.78 is 4.99. The van der Waals surface area contributed by atoms with Crippen molar-refractivity contribution >= 4 is 28.6 Å². The zero-order valence-corrected chi connectivity index (χ0v) is 11.8. The van der Waals surface area contributed by atoms with E-state index in [2.05, 4.69) is 37.0 Å². The van der Waals surface area contributed by atoms with Gasteiger partial charge in [-0.05, 0) is 31.0 Å². The fourth-order valence-electron chi connectivity index (χ4n) is 2.32. The van der Waals surface area contributed by atoms with Gasteiger partial charge in [0, 0.05) is 11.8 Å². The molecule has 2 aromatic rings. The summed E-state index contributed by atoms with van der Waals surface area (Å²) in [7, 11) is 0. The zero-order chi connectivity index (χ0) is 13.4. The number of carbonyl (C=O) groups is 1. The Kier molecular flexibility index (Phi) is 3.19. The van der Waals surface area contributed by atoms with Gasteiger partial charge in [-0.25, -0.2) is 4.98 Å². The van der Waals surface area contributed by atoms with Crippen molar-refractivity contribution in [3.8, 4) is 0 Å². The number of hydrogen-bond donors (Lipinski definition) is 0. The highest BCUT2D eigenvalue weighted by molar-refractivity contribution is 8.00. The topological polar surface area (TPSA) is 39.2 Å². The lowest BCUT2D eigenvalue weighted by Gasteiger charge is -2.09. The van der Waals surface area contributed by atoms with Crippen molar-refractivity contribution in [2.45, 2.75) is 30.5 Å². The highest BCUT2D eigenvalue weighted by Gasteiger charge is 2.28. The monoisotopic (exact) mass is 273 g/mol. The third-order valence-electron chi connectivity index (χ3n) is 3.37. The third kappa shape index (κ3) is 2.32. The first-order chi connectivity index (χ1) is 9.15. The van der Waals surface area contributed by atoms with Gasteiger partial charge in [-0.3, -0.25) is 4.79 Å². The second kappa shape index (κ2) is 4.85. The Balaban J connectivity index is 2.00. The highest BCUT2D eigenvalue weighted by Crippen LogP contribution is 2.31. The van der Waals surface area contributed by atoms with Crippen LogP contribution in [0.5, 0.6) is 0 Å². The number of thioether (sulfide) groups is 1. The van der Waals surface area contributed by atoms with E-state index in [9.17, 15) is 4.79 Å². The Bertz CT molecular complexity index is 654. The van der Waals surface area contributed by atoms with Gasteiger partial charge < -0.3 is 4.74 Å². The van der Waals surface area contributed by atoms with E-state index in [1.165, 1.54) is 22.7 Å². The SMILES string of the molecule is Cc1cc(S[C@@H]2CCOC2=O)nc2c(C)cccc12. The molecule has 0 unspecified atom stereocenters. The molecule has 1 aromatic carbocycles. The van der Waals surface area contributed by atoms with Crippen LogP contribution in [0.2, 0.25) is 0 Å². The van der Waals surface area contributed by atoms with Crippen LogP contribution in [0.1, 0.15) is 17.5 Å². The summed E-state index contributed by atoms with van der Waals surface area (Å²) in [5.41, 5.74) is 3.39. The van der Waals surface area contributed by atoms with Gasteiger partial charge in [0.05, 0.1) is 17.1 Å². The lowest BCUT2D eigenvalue weighted by Crippen LogP contribution is -2.09. The predicted molar refractivity (Wildman–Crippen MR) is 76.4 cm³/mol. The molecule has 4 heteroatoms. The molecule has 1 aromatic heterocycles. The minimum absolute atomic E-state index is 0.103. The van der Waals surface area contributed by atoms with Crippen molar-refractivity contribution in [1.82, 2.24) is 4.98 Å². The van der Waals surface area contributed by atoms with E-state index < -0.39 is 0 Å². The molecule has 0 aliphatic carbocycles. The van der Waals surface area contributed by atoms with Gasteiger partial charge in [0.25, 0.3) is 0 Å². The van der Waals surface area contributed by atoms with Crippen LogP contribution < -0.4 is 0 Å². The maximum absolute atomic E-state index is 11.5. The van der Waals surface area contributed by atoms with Crippen molar-refractivity contribution in [3.63, 3.8) is 0 Å². The number of carbonyl (C=O) groups excluding carboxylic acids is 1. The molecule has 3 nitrogen and oxygen atoms in total. The average molecular weight is 273 g/mol. The molecule has 0 bridgehead atoms. The smallest absolute Gasteiger partial charge is 0.319 e. The van der Waals surface area contributed by atoms with Crippen LogP contribution in [0.25, 0.3) is 10.9 Å². The Morgan fingerprint density at radius 3 is 2.89 bits per heavy atom. The minimum Gasteiger partial charge on any atom is -0.465 e. The summed E-state index contributed by atoms with van der Waals surface area (Å²) in [4.78, 5) is 16.2. The molecule has 0 radical (unpaired) electrons. The predicted octanol–water partition coefficient (Wildman–Crippen LogP) is 3.26. The molecule has 19 heavy (non-hydrogen) atoms. The number of nitrogens with zero attached hydrogens (tertiary/aromatic N) is 1. The van der Waals surface area contributed by atoms with Crippen LogP contribution in [0.15, 0.2) is 29.3 Å². The molecular formula is C15H15NO2S. The Labute approximate surface area is 116 Å². The number of benzene rings is 1. The van der Waals surface area contributed by atoms with Crippen LogP contribution in [-0.2, 0) is 9.53 Å². The first kappa shape index (κ1) is 12.5. The van der Waals surface area contributed by atoms with Gasteiger partial charge in [0.15, 0.2) is 0 Å². The number of hydrogen-bond acceptors (Lipinski definition) is 4. The van der Waals surface area contributed by atoms with Crippen LogP contribution >= 0.6 is 11.8 Å². The molecule has 1 saturated heterocycles. The fourth-order valence-corrected chi connectivity index (χ4v) is 3.38. The summed E-state index contributed by atoms with van der Waals surface area (Å²) in [6.07, 6.45) is 0.774. The molecule has 2 heterocycles. The number of pyridine rings is 1. The molecule has 3 rings (SSSR count). The van der Waals surface area contributed by atoms with Gasteiger partial charge in [0.2, 0.25) is 0 Å². The number of rotatable bonds is 2. The van der Waals surface area contributed by atoms with Crippen molar-refractivity contribution in [1.29, 1.82) is 0 Å². The minimum atomic E-state index is -0.116. The van der Waals surface area contributed by atoms with E-state index in [0.717, 1.165) is 22.5 Å². The molecular weight excluding hydrogens is 258 g/mol. The summed E-state index contributed by atoms with van der Waals surface area (Å²) in [6, 6.07) is 8.25. The van der Waals surface area contributed by atoms with Crippen LogP contribution in [0.3, 0.4) is 0 Å². The van der Waals surface area contributed by atoms with Crippen LogP contribution in [0, 0.1) is 13.8 Å². The van der Waals surface area contributed by atoms with Crippen molar-refractivity contribution < 1.29 is 9.53 Å². The lowest BCUT2D eigenvalue weighted by molar-refractivity contribution is -0.137. The molecule has 98 valence electrons. The second-order valence-electron chi connectivity index (χ2n) is 4.81. The third-order valence-corrected chi connectivity index (χ3v) is 4.54. The molecule has 0 spiro atoms. The molecule has 1 aliphatic rings. The average Bonchev–Trinajstić information content (AvgIpc) is 2.77. The lowest BCUT2D eigenvalue weighted by atomic mass is 10.1. The number of aryl methyl sites for hydroxylation is 2. The highest BCUT2D eigenvalue weighted by atomic mass is 32.2. The van der Waals surface area contributed by atoms with Gasteiger partial charge in [-0.2, -0.15) is 0 Å². The van der Waals surface area contributed by atoms with Crippen LogP contribution in [-0.4, -0.2) is 22.8 Å². The van der Waals surface area contributed by atoms with E-state index in [1.807, 2.05) is 6.07 Å². The maximum atomic E-state index is 11.5. The summed E-state index contributed by atoms with van der Waals surface area (Å²) in [5, 5.41) is 1.98. The number of ether oxygens (including phenoxy) is 1. The molecule has 1 atom stereocenters. The van der Waals surface area contributed by atoms with Crippen LogP contribution in [0.4, 0.5) is 0 Å². The molecule has 0 saturated carbocycles. The van der Waals surface area contributed by atoms with Crippen molar-refractivity contribution in [3.05, 3.63) is 35.4 Å². The number of cyclic esters (lactones) is 1. The standard InChI is InChI=1S/C15H15NO2S/c1-9-4-3-5-11-10(2)8-13(16-14(9)11)19-12-6-7-18-15(12)17/h3-5,8,12H,6-7H2,1-2H3/t12-/m1/s1. The van der Waals surface area contributed by atoms with Crippen molar-refractivity contribution in [2.24, 2.45) is 0 Å². The molecule has 1 fully saturated rings. The first-order valence-electron chi connectivity index (χ1n) is 6.35. The van der Waals surface area contributed by atoms with Gasteiger partial charge in [-0.1, -0.05) is 30.0 Å². The first-order valence-corrected chi connectivity index (χ1v) is 7.23. The fraction of sp³-hybridized carbons (Fsp3) is 0.333. The normalized spacial score (nSPS) is 18.8. The number of esters is 1. The van der Waals surface area contributed by atoms with E-state index >= 15 is 0 Å². The van der Waals surface area contributed by atoms with Gasteiger partial charge in [0.1, 0.15) is 5.25 Å². The number of para-hydroxylation sites is 1. The zero-order valence-electron chi connectivity index (χ0n) is 11.0. The van der Waals surface area contributed by atoms with Gasteiger partial charge in [-0.15, -0.1) is 0 Å².